The van der Waals surface area contributed by atoms with E-state index in [1.165, 1.54) is 7.11 Å². The molecule has 0 fully saturated rings. The molecule has 0 spiro atoms. The van der Waals surface area contributed by atoms with Gasteiger partial charge in [-0.1, -0.05) is 0 Å². The summed E-state index contributed by atoms with van der Waals surface area (Å²) in [5.41, 5.74) is 0. The van der Waals surface area contributed by atoms with Crippen molar-refractivity contribution in [3.05, 3.63) is 0 Å². The number of carboxylic acids is 1. The normalized spacial score (nSPS) is 11.5. The first kappa shape index (κ1) is 13.7. The predicted molar refractivity (Wildman–Crippen MR) is 54.4 cm³/mol. The van der Waals surface area contributed by atoms with Gasteiger partial charge < -0.3 is 15.2 Å². The lowest BCUT2D eigenvalue weighted by molar-refractivity contribution is -0.142. The number of rotatable bonds is 7. The SMILES string of the molecule is COCC(NC(=O)CSCC#N)C(=O)O. The fourth-order valence-electron chi connectivity index (χ4n) is 0.767. The maximum atomic E-state index is 11.1. The molecule has 0 rings (SSSR count). The number of carbonyl (C=O) groups is 2. The van der Waals surface area contributed by atoms with Gasteiger partial charge in [-0.15, -0.1) is 11.8 Å². The molecule has 0 aliphatic carbocycles. The molecule has 0 aromatic heterocycles. The van der Waals surface area contributed by atoms with Crippen LogP contribution < -0.4 is 5.32 Å². The van der Waals surface area contributed by atoms with Gasteiger partial charge in [-0.2, -0.15) is 5.26 Å². The second kappa shape index (κ2) is 8.08. The van der Waals surface area contributed by atoms with Crippen LogP contribution in [0.4, 0.5) is 0 Å². The molecule has 0 aromatic carbocycles. The Labute approximate surface area is 91.6 Å². The summed E-state index contributed by atoms with van der Waals surface area (Å²) in [6.45, 7) is -0.0794. The van der Waals surface area contributed by atoms with Gasteiger partial charge in [-0.3, -0.25) is 4.79 Å². The highest BCUT2D eigenvalue weighted by Gasteiger charge is 2.19. The predicted octanol–water partition coefficient (Wildman–Crippen LogP) is -0.541. The Kier molecular flexibility index (Phi) is 7.40. The number of amides is 1. The van der Waals surface area contributed by atoms with Gasteiger partial charge >= 0.3 is 5.97 Å². The van der Waals surface area contributed by atoms with Gasteiger partial charge in [0, 0.05) is 7.11 Å². The van der Waals surface area contributed by atoms with E-state index in [2.05, 4.69) is 10.1 Å². The van der Waals surface area contributed by atoms with Crippen molar-refractivity contribution in [2.24, 2.45) is 0 Å². The van der Waals surface area contributed by atoms with E-state index >= 15 is 0 Å². The standard InChI is InChI=1S/C8H12N2O4S/c1-14-4-6(8(12)13)10-7(11)5-15-3-2-9/h6H,3-5H2,1H3,(H,10,11)(H,12,13). The lowest BCUT2D eigenvalue weighted by Crippen LogP contribution is -2.44. The van der Waals surface area contributed by atoms with Gasteiger partial charge in [0.25, 0.3) is 0 Å². The molecular formula is C8H12N2O4S. The largest absolute Gasteiger partial charge is 0.480 e. The highest BCUT2D eigenvalue weighted by Crippen LogP contribution is 1.97. The number of ether oxygens (including phenoxy) is 1. The van der Waals surface area contributed by atoms with Crippen LogP contribution in [0.5, 0.6) is 0 Å². The topological polar surface area (TPSA) is 99.4 Å². The zero-order chi connectivity index (χ0) is 11.7. The number of hydrogen-bond donors (Lipinski definition) is 2. The molecule has 0 aliphatic heterocycles. The summed E-state index contributed by atoms with van der Waals surface area (Å²) in [6, 6.07) is 0.829. The van der Waals surface area contributed by atoms with Crippen LogP contribution in [0, 0.1) is 11.3 Å². The maximum Gasteiger partial charge on any atom is 0.328 e. The van der Waals surface area contributed by atoms with Crippen molar-refractivity contribution in [3.8, 4) is 6.07 Å². The summed E-state index contributed by atoms with van der Waals surface area (Å²) in [4.78, 5) is 21.7. The highest BCUT2D eigenvalue weighted by molar-refractivity contribution is 8.00. The van der Waals surface area contributed by atoms with Gasteiger partial charge in [0.2, 0.25) is 5.91 Å². The minimum atomic E-state index is -1.14. The second-order valence-electron chi connectivity index (χ2n) is 2.56. The quantitative estimate of drug-likeness (QED) is 0.572. The molecule has 0 bridgehead atoms. The van der Waals surface area contributed by atoms with Crippen LogP contribution in [0.3, 0.4) is 0 Å². The summed E-state index contributed by atoms with van der Waals surface area (Å²) < 4.78 is 4.64. The molecule has 0 saturated carbocycles. The maximum absolute atomic E-state index is 11.1. The molecule has 1 unspecified atom stereocenters. The van der Waals surface area contributed by atoms with E-state index in [0.29, 0.717) is 0 Å². The molecule has 84 valence electrons. The molecule has 0 saturated heterocycles. The third-order valence-corrected chi connectivity index (χ3v) is 2.17. The minimum absolute atomic E-state index is 0.0705. The molecular weight excluding hydrogens is 220 g/mol. The molecule has 6 nitrogen and oxygen atoms in total. The van der Waals surface area contributed by atoms with Crippen LogP contribution in [0.25, 0.3) is 0 Å². The van der Waals surface area contributed by atoms with Crippen LogP contribution in [0.2, 0.25) is 0 Å². The summed E-state index contributed by atoms with van der Waals surface area (Å²) in [5.74, 6) is -1.29. The first-order valence-electron chi connectivity index (χ1n) is 4.07. The Balaban J connectivity index is 3.90. The van der Waals surface area contributed by atoms with E-state index < -0.39 is 17.9 Å². The van der Waals surface area contributed by atoms with Gasteiger partial charge in [0.05, 0.1) is 24.2 Å². The molecule has 2 N–H and O–H groups in total. The highest BCUT2D eigenvalue weighted by atomic mass is 32.2. The summed E-state index contributed by atoms with van der Waals surface area (Å²) in [7, 11) is 1.35. The molecule has 0 heterocycles. The van der Waals surface area contributed by atoms with Gasteiger partial charge in [0.1, 0.15) is 0 Å². The van der Waals surface area contributed by atoms with Crippen molar-refractivity contribution in [3.63, 3.8) is 0 Å². The number of methoxy groups -OCH3 is 1. The zero-order valence-corrected chi connectivity index (χ0v) is 9.04. The van der Waals surface area contributed by atoms with E-state index in [-0.39, 0.29) is 18.1 Å². The van der Waals surface area contributed by atoms with Crippen molar-refractivity contribution >= 4 is 23.6 Å². The Morgan fingerprint density at radius 2 is 2.33 bits per heavy atom. The lowest BCUT2D eigenvalue weighted by Gasteiger charge is -2.12. The monoisotopic (exact) mass is 232 g/mol. The van der Waals surface area contributed by atoms with E-state index in [1.54, 1.807) is 0 Å². The van der Waals surface area contributed by atoms with Crippen LogP contribution in [-0.2, 0) is 14.3 Å². The fraction of sp³-hybridized carbons (Fsp3) is 0.625. The van der Waals surface area contributed by atoms with Crippen LogP contribution in [0.15, 0.2) is 0 Å². The Bertz CT molecular complexity index is 264. The van der Waals surface area contributed by atoms with Crippen molar-refractivity contribution in [2.75, 3.05) is 25.2 Å². The van der Waals surface area contributed by atoms with Crippen molar-refractivity contribution in [1.29, 1.82) is 5.26 Å². The van der Waals surface area contributed by atoms with Crippen LogP contribution >= 0.6 is 11.8 Å². The second-order valence-corrected chi connectivity index (χ2v) is 3.55. The van der Waals surface area contributed by atoms with Crippen LogP contribution in [0.1, 0.15) is 0 Å². The molecule has 1 amide bonds. The first-order valence-corrected chi connectivity index (χ1v) is 5.23. The smallest absolute Gasteiger partial charge is 0.328 e. The van der Waals surface area contributed by atoms with Gasteiger partial charge in [-0.25, -0.2) is 4.79 Å². The molecule has 0 aliphatic rings. The van der Waals surface area contributed by atoms with E-state index in [4.69, 9.17) is 10.4 Å². The Morgan fingerprint density at radius 3 is 2.80 bits per heavy atom. The average molecular weight is 232 g/mol. The summed E-state index contributed by atoms with van der Waals surface area (Å²) in [6.07, 6.45) is 0. The van der Waals surface area contributed by atoms with Crippen molar-refractivity contribution in [2.45, 2.75) is 6.04 Å². The molecule has 15 heavy (non-hydrogen) atoms. The molecule has 0 aromatic rings. The Hall–Kier alpha value is -1.26. The first-order chi connectivity index (χ1) is 7.11. The summed E-state index contributed by atoms with van der Waals surface area (Å²) in [5, 5.41) is 19.2. The number of hydrogen-bond acceptors (Lipinski definition) is 5. The fourth-order valence-corrected chi connectivity index (χ4v) is 1.23. The number of nitrogens with zero attached hydrogens (tertiary/aromatic N) is 1. The zero-order valence-electron chi connectivity index (χ0n) is 8.23. The third-order valence-electron chi connectivity index (χ3n) is 1.37. The van der Waals surface area contributed by atoms with Crippen molar-refractivity contribution < 1.29 is 19.4 Å². The average Bonchev–Trinajstić information content (AvgIpc) is 2.17. The van der Waals surface area contributed by atoms with Gasteiger partial charge in [0.15, 0.2) is 6.04 Å². The van der Waals surface area contributed by atoms with Crippen molar-refractivity contribution in [1.82, 2.24) is 5.32 Å². The third kappa shape index (κ3) is 6.76. The lowest BCUT2D eigenvalue weighted by atomic mass is 10.3. The van der Waals surface area contributed by atoms with E-state index in [9.17, 15) is 9.59 Å². The Morgan fingerprint density at radius 1 is 1.67 bits per heavy atom. The number of carbonyl (C=O) groups excluding carboxylic acids is 1. The number of thioether (sulfide) groups is 1. The van der Waals surface area contributed by atoms with Crippen LogP contribution in [-0.4, -0.2) is 48.2 Å². The minimum Gasteiger partial charge on any atom is -0.480 e. The number of nitriles is 1. The van der Waals surface area contributed by atoms with E-state index in [0.717, 1.165) is 11.8 Å². The van der Waals surface area contributed by atoms with E-state index in [1.807, 2.05) is 6.07 Å². The molecule has 7 heteroatoms. The number of nitrogens with one attached hydrogen (secondary N) is 1. The molecule has 0 radical (unpaired) electrons. The number of carboxylic acid groups (broad SMARTS) is 1. The number of aliphatic carboxylic acids is 1. The summed E-state index contributed by atoms with van der Waals surface area (Å²) >= 11 is 1.13. The van der Waals surface area contributed by atoms with Gasteiger partial charge in [-0.05, 0) is 0 Å². The molecule has 1 atom stereocenters.